The molecule has 0 fully saturated rings. The van der Waals surface area contributed by atoms with Crippen LogP contribution in [0.15, 0.2) is 0 Å². The number of rotatable bonds is 0. The smallest absolute Gasteiger partial charge is 0.786 e. The number of hydrogen-bond donors (Lipinski definition) is 0. The minimum atomic E-state index is -5.64. The van der Waals surface area contributed by atoms with Crippen LogP contribution < -0.4 is 9.79 Å². The van der Waals surface area contributed by atoms with Gasteiger partial charge in [0.05, 0.1) is 0 Å². The quantitative estimate of drug-likeness (QED) is 0.375. The standard InChI is InChI=1S/Ba.FH2O3P/c;1-5(2,3)4/h;(H2,2,3,4)/q+2;/p-2. The van der Waals surface area contributed by atoms with Crippen molar-refractivity contribution in [1.82, 2.24) is 0 Å². The van der Waals surface area contributed by atoms with Gasteiger partial charge in [-0.1, -0.05) is 0 Å². The Balaban J connectivity index is 0. The molecule has 0 radical (unpaired) electrons. The van der Waals surface area contributed by atoms with Gasteiger partial charge in [-0.15, -0.1) is 0 Å². The van der Waals surface area contributed by atoms with Crippen molar-refractivity contribution in [3.05, 3.63) is 0 Å². The average Bonchev–Trinajstić information content (AvgIpc) is 0.722. The van der Waals surface area contributed by atoms with Crippen molar-refractivity contribution in [2.24, 2.45) is 0 Å². The summed E-state index contributed by atoms with van der Waals surface area (Å²) < 4.78 is 18.6. The van der Waals surface area contributed by atoms with Crippen LogP contribution in [0.4, 0.5) is 4.20 Å². The third-order valence-electron chi connectivity index (χ3n) is 0. The van der Waals surface area contributed by atoms with Crippen LogP contribution in [-0.4, -0.2) is 48.9 Å². The summed E-state index contributed by atoms with van der Waals surface area (Å²) in [6, 6.07) is 0. The van der Waals surface area contributed by atoms with E-state index in [-0.39, 0.29) is 48.9 Å². The zero-order valence-electron chi connectivity index (χ0n) is 2.76. The first-order chi connectivity index (χ1) is 2.00. The van der Waals surface area contributed by atoms with Crippen LogP contribution in [0.2, 0.25) is 0 Å². The third-order valence-corrected chi connectivity index (χ3v) is 0. The SMILES string of the molecule is O=P([O-])([O-])F.[Ba+2]. The molecule has 0 rings (SSSR count). The molecule has 0 N–H and O–H groups in total. The van der Waals surface area contributed by atoms with Crippen LogP contribution in [0.5, 0.6) is 0 Å². The summed E-state index contributed by atoms with van der Waals surface area (Å²) in [5, 5.41) is 0. The molecule has 6 heteroatoms. The average molecular weight is 235 g/mol. The Morgan fingerprint density at radius 2 is 1.50 bits per heavy atom. The Morgan fingerprint density at radius 1 is 1.50 bits per heavy atom. The molecule has 0 unspecified atom stereocenters. The van der Waals surface area contributed by atoms with Crippen LogP contribution in [0.1, 0.15) is 0 Å². The summed E-state index contributed by atoms with van der Waals surface area (Å²) >= 11 is 0. The van der Waals surface area contributed by atoms with E-state index in [1.807, 2.05) is 0 Å². The molecule has 6 heavy (non-hydrogen) atoms. The topological polar surface area (TPSA) is 63.2 Å². The first-order valence-electron chi connectivity index (χ1n) is 0.717. The zero-order valence-corrected chi connectivity index (χ0v) is 8.09. The van der Waals surface area contributed by atoms with Crippen molar-refractivity contribution < 1.29 is 18.5 Å². The van der Waals surface area contributed by atoms with Gasteiger partial charge in [-0.2, -0.15) is 0 Å². The van der Waals surface area contributed by atoms with E-state index < -0.39 is 7.91 Å². The molecule has 0 aromatic rings. The number of hydrogen-bond acceptors (Lipinski definition) is 3. The van der Waals surface area contributed by atoms with Crippen molar-refractivity contribution in [3.63, 3.8) is 0 Å². The summed E-state index contributed by atoms with van der Waals surface area (Å²) in [7, 11) is -5.64. The molecule has 0 spiro atoms. The molecule has 0 aliphatic rings. The Kier molecular flexibility index (Phi) is 6.41. The summed E-state index contributed by atoms with van der Waals surface area (Å²) in [4.78, 5) is 16.9. The number of halogens is 1. The molecule has 3 nitrogen and oxygen atoms in total. The molecular formula is BaFO3P. The minimum Gasteiger partial charge on any atom is -0.786 e. The molecule has 0 saturated heterocycles. The third kappa shape index (κ3) is 44.8. The minimum absolute atomic E-state index is 0. The predicted octanol–water partition coefficient (Wildman–Crippen LogP) is -1.60. The second-order valence-electron chi connectivity index (χ2n) is 0.431. The summed E-state index contributed by atoms with van der Waals surface area (Å²) in [6.07, 6.45) is 0. The van der Waals surface area contributed by atoms with E-state index in [4.69, 9.17) is 14.4 Å². The van der Waals surface area contributed by atoms with Crippen LogP contribution in [0.25, 0.3) is 0 Å². The van der Waals surface area contributed by atoms with Crippen LogP contribution in [-0.2, 0) is 4.57 Å². The Hall–Kier alpha value is 1.65. The summed E-state index contributed by atoms with van der Waals surface area (Å²) in [5.74, 6) is 0. The molecule has 0 aliphatic carbocycles. The van der Waals surface area contributed by atoms with Crippen LogP contribution in [0, 0.1) is 0 Å². The molecule has 0 amide bonds. The van der Waals surface area contributed by atoms with Crippen molar-refractivity contribution in [1.29, 1.82) is 0 Å². The van der Waals surface area contributed by atoms with Crippen molar-refractivity contribution >= 4 is 56.8 Å². The van der Waals surface area contributed by atoms with Crippen LogP contribution in [0.3, 0.4) is 0 Å². The van der Waals surface area contributed by atoms with Gasteiger partial charge in [-0.25, -0.2) is 4.20 Å². The molecule has 0 saturated carbocycles. The van der Waals surface area contributed by atoms with Gasteiger partial charge in [0.2, 0.25) is 0 Å². The maximum atomic E-state index is 10.1. The van der Waals surface area contributed by atoms with Gasteiger partial charge in [0.15, 0.2) is 0 Å². The van der Waals surface area contributed by atoms with Gasteiger partial charge in [-0.3, -0.25) is 0 Å². The van der Waals surface area contributed by atoms with E-state index in [1.165, 1.54) is 0 Å². The van der Waals surface area contributed by atoms with Gasteiger partial charge in [0.1, 0.15) is 7.91 Å². The molecule has 0 aromatic carbocycles. The maximum Gasteiger partial charge on any atom is 2.00 e. The second-order valence-corrected chi connectivity index (χ2v) is 1.29. The Morgan fingerprint density at radius 3 is 1.50 bits per heavy atom. The molecular weight excluding hydrogens is 235 g/mol. The van der Waals surface area contributed by atoms with E-state index >= 15 is 0 Å². The second kappa shape index (κ2) is 3.63. The first-order valence-corrected chi connectivity index (χ1v) is 2.15. The van der Waals surface area contributed by atoms with Crippen molar-refractivity contribution in [3.8, 4) is 0 Å². The van der Waals surface area contributed by atoms with E-state index in [9.17, 15) is 4.20 Å². The van der Waals surface area contributed by atoms with Gasteiger partial charge in [0.25, 0.3) is 0 Å². The van der Waals surface area contributed by atoms with E-state index in [2.05, 4.69) is 0 Å². The first kappa shape index (κ1) is 10.6. The molecule has 0 aromatic heterocycles. The van der Waals surface area contributed by atoms with Crippen molar-refractivity contribution in [2.75, 3.05) is 0 Å². The molecule has 0 heterocycles. The van der Waals surface area contributed by atoms with Gasteiger partial charge >= 0.3 is 48.9 Å². The van der Waals surface area contributed by atoms with Gasteiger partial charge in [-0.05, 0) is 0 Å². The largest absolute Gasteiger partial charge is 2.00 e. The molecule has 0 bridgehead atoms. The Labute approximate surface area is 74.3 Å². The Bertz CT molecular complexity index is 56.9. The maximum absolute atomic E-state index is 10.1. The summed E-state index contributed by atoms with van der Waals surface area (Å²) in [6.45, 7) is 0. The summed E-state index contributed by atoms with van der Waals surface area (Å²) in [5.41, 5.74) is 0. The van der Waals surface area contributed by atoms with E-state index in [1.54, 1.807) is 0 Å². The predicted molar refractivity (Wildman–Crippen MR) is 14.5 cm³/mol. The van der Waals surface area contributed by atoms with Crippen molar-refractivity contribution in [2.45, 2.75) is 0 Å². The fraction of sp³-hybridized carbons (Fsp3) is 0. The molecule has 32 valence electrons. The van der Waals surface area contributed by atoms with E-state index in [0.717, 1.165) is 0 Å². The van der Waals surface area contributed by atoms with Gasteiger partial charge < -0.3 is 14.4 Å². The fourth-order valence-corrected chi connectivity index (χ4v) is 0. The normalized spacial score (nSPS) is 9.83. The molecule has 0 atom stereocenters. The fourth-order valence-electron chi connectivity index (χ4n) is 0. The monoisotopic (exact) mass is 236 g/mol. The van der Waals surface area contributed by atoms with Crippen LogP contribution >= 0.6 is 7.91 Å². The zero-order chi connectivity index (χ0) is 4.50. The molecule has 0 aliphatic heterocycles. The van der Waals surface area contributed by atoms with E-state index in [0.29, 0.717) is 0 Å². The van der Waals surface area contributed by atoms with Gasteiger partial charge in [0, 0.05) is 0 Å².